The minimum atomic E-state index is -0.377. The second-order valence-corrected chi connectivity index (χ2v) is 7.64. The number of thioether (sulfide) groups is 1. The van der Waals surface area contributed by atoms with Crippen molar-refractivity contribution in [2.24, 2.45) is 0 Å². The Morgan fingerprint density at radius 2 is 1.57 bits per heavy atom. The van der Waals surface area contributed by atoms with E-state index in [4.69, 9.17) is 9.47 Å². The molecular formula is C23H25NO5S. The number of carbonyl (C=O) groups excluding carboxylic acids is 3. The summed E-state index contributed by atoms with van der Waals surface area (Å²) in [4.78, 5) is 35.5. The molecule has 0 radical (unpaired) electrons. The van der Waals surface area contributed by atoms with Crippen molar-refractivity contribution >= 4 is 34.4 Å². The molecule has 0 aliphatic rings. The summed E-state index contributed by atoms with van der Waals surface area (Å²) in [6, 6.07) is 14.1. The highest BCUT2D eigenvalue weighted by molar-refractivity contribution is 8.14. The van der Waals surface area contributed by atoms with Gasteiger partial charge in [-0.2, -0.15) is 0 Å². The first-order valence-corrected chi connectivity index (χ1v) is 10.3. The van der Waals surface area contributed by atoms with Gasteiger partial charge in [0.05, 0.1) is 13.2 Å². The van der Waals surface area contributed by atoms with Crippen LogP contribution in [-0.4, -0.2) is 30.2 Å². The van der Waals surface area contributed by atoms with E-state index in [9.17, 15) is 14.4 Å². The molecule has 0 atom stereocenters. The SMILES string of the molecule is C=C(C)C(=O)OCCCCOc1ccc(C(=O)Sc2ccc(NC(C)=O)cc2)cc1. The van der Waals surface area contributed by atoms with Crippen LogP contribution in [0.25, 0.3) is 0 Å². The number of hydrogen-bond acceptors (Lipinski definition) is 6. The fourth-order valence-electron chi connectivity index (χ4n) is 2.34. The van der Waals surface area contributed by atoms with Crippen molar-refractivity contribution in [2.75, 3.05) is 18.5 Å². The first-order chi connectivity index (χ1) is 14.3. The molecule has 30 heavy (non-hydrogen) atoms. The number of anilines is 1. The Balaban J connectivity index is 1.74. The van der Waals surface area contributed by atoms with Crippen molar-refractivity contribution in [3.63, 3.8) is 0 Å². The lowest BCUT2D eigenvalue weighted by molar-refractivity contribution is -0.139. The number of nitrogens with one attached hydrogen (secondary N) is 1. The van der Waals surface area contributed by atoms with Crippen molar-refractivity contribution in [2.45, 2.75) is 31.6 Å². The molecule has 2 rings (SSSR count). The third-order valence-electron chi connectivity index (χ3n) is 3.86. The van der Waals surface area contributed by atoms with E-state index >= 15 is 0 Å². The Hall–Kier alpha value is -3.06. The molecule has 0 saturated carbocycles. The van der Waals surface area contributed by atoms with Crippen LogP contribution in [0.1, 0.15) is 37.0 Å². The van der Waals surface area contributed by atoms with Crippen molar-refractivity contribution < 1.29 is 23.9 Å². The summed E-state index contributed by atoms with van der Waals surface area (Å²) in [6.07, 6.45) is 1.45. The Kier molecular flexibility index (Phi) is 9.15. The monoisotopic (exact) mass is 427 g/mol. The second-order valence-electron chi connectivity index (χ2n) is 6.59. The third-order valence-corrected chi connectivity index (χ3v) is 4.79. The van der Waals surface area contributed by atoms with Gasteiger partial charge in [0, 0.05) is 28.6 Å². The summed E-state index contributed by atoms with van der Waals surface area (Å²) in [5.74, 6) is 0.160. The van der Waals surface area contributed by atoms with Gasteiger partial charge >= 0.3 is 5.97 Å². The molecule has 0 heterocycles. The summed E-state index contributed by atoms with van der Waals surface area (Å²) < 4.78 is 10.7. The minimum absolute atomic E-state index is 0.0758. The number of hydrogen-bond donors (Lipinski definition) is 1. The van der Waals surface area contributed by atoms with Gasteiger partial charge in [0.15, 0.2) is 0 Å². The summed E-state index contributed by atoms with van der Waals surface area (Å²) in [6.45, 7) is 7.42. The van der Waals surface area contributed by atoms with E-state index < -0.39 is 0 Å². The van der Waals surface area contributed by atoms with E-state index in [0.717, 1.165) is 23.1 Å². The Bertz CT molecular complexity index is 891. The molecule has 1 N–H and O–H groups in total. The van der Waals surface area contributed by atoms with Gasteiger partial charge in [-0.3, -0.25) is 9.59 Å². The minimum Gasteiger partial charge on any atom is -0.494 e. The number of ether oxygens (including phenoxy) is 2. The molecular weight excluding hydrogens is 402 g/mol. The summed E-state index contributed by atoms with van der Waals surface area (Å²) in [7, 11) is 0. The largest absolute Gasteiger partial charge is 0.494 e. The number of unbranched alkanes of at least 4 members (excludes halogenated alkanes) is 1. The lowest BCUT2D eigenvalue weighted by atomic mass is 10.2. The second kappa shape index (κ2) is 11.8. The topological polar surface area (TPSA) is 81.7 Å². The maximum atomic E-state index is 12.4. The fraction of sp³-hybridized carbons (Fsp3) is 0.261. The molecule has 7 heteroatoms. The Morgan fingerprint density at radius 3 is 2.17 bits per heavy atom. The molecule has 1 amide bonds. The maximum Gasteiger partial charge on any atom is 0.333 e. The standard InChI is InChI=1S/C23H25NO5S/c1-16(2)22(26)29-15-5-4-14-28-20-10-6-18(7-11-20)23(27)30-21-12-8-19(9-13-21)24-17(3)25/h6-13H,1,4-5,14-15H2,2-3H3,(H,24,25). The van der Waals surface area contributed by atoms with Gasteiger partial charge in [0.25, 0.3) is 0 Å². The van der Waals surface area contributed by atoms with E-state index in [1.54, 1.807) is 55.5 Å². The molecule has 0 unspecified atom stereocenters. The van der Waals surface area contributed by atoms with Crippen LogP contribution in [0.2, 0.25) is 0 Å². The van der Waals surface area contributed by atoms with Gasteiger partial charge in [-0.1, -0.05) is 6.58 Å². The number of carbonyl (C=O) groups is 3. The van der Waals surface area contributed by atoms with E-state index in [2.05, 4.69) is 11.9 Å². The first-order valence-electron chi connectivity index (χ1n) is 9.50. The molecule has 0 aromatic heterocycles. The van der Waals surface area contributed by atoms with Gasteiger partial charge in [0.2, 0.25) is 11.0 Å². The zero-order valence-corrected chi connectivity index (χ0v) is 17.9. The lowest BCUT2D eigenvalue weighted by Crippen LogP contribution is -2.07. The zero-order valence-electron chi connectivity index (χ0n) is 17.1. The molecule has 0 aliphatic heterocycles. The normalized spacial score (nSPS) is 10.2. The van der Waals surface area contributed by atoms with Gasteiger partial charge in [-0.15, -0.1) is 0 Å². The molecule has 6 nitrogen and oxygen atoms in total. The Morgan fingerprint density at radius 1 is 0.933 bits per heavy atom. The van der Waals surface area contributed by atoms with E-state index in [0.29, 0.717) is 42.2 Å². The molecule has 0 spiro atoms. The predicted molar refractivity (Wildman–Crippen MR) is 118 cm³/mol. The number of esters is 1. The van der Waals surface area contributed by atoms with Crippen LogP contribution in [0.3, 0.4) is 0 Å². The number of amides is 1. The zero-order chi connectivity index (χ0) is 21.9. The van der Waals surface area contributed by atoms with E-state index in [1.165, 1.54) is 6.92 Å². The molecule has 2 aromatic carbocycles. The summed E-state index contributed by atoms with van der Waals surface area (Å²) in [5, 5.41) is 2.61. The van der Waals surface area contributed by atoms with Gasteiger partial charge in [-0.25, -0.2) is 4.79 Å². The van der Waals surface area contributed by atoms with Gasteiger partial charge < -0.3 is 14.8 Å². The summed E-state index contributed by atoms with van der Waals surface area (Å²) >= 11 is 1.12. The van der Waals surface area contributed by atoms with Crippen molar-refractivity contribution in [1.29, 1.82) is 0 Å². The van der Waals surface area contributed by atoms with Crippen LogP contribution in [0.15, 0.2) is 65.6 Å². The molecule has 158 valence electrons. The van der Waals surface area contributed by atoms with Crippen molar-refractivity contribution in [1.82, 2.24) is 0 Å². The summed E-state index contributed by atoms with van der Waals surface area (Å²) in [5.41, 5.74) is 1.65. The number of rotatable bonds is 10. The highest BCUT2D eigenvalue weighted by atomic mass is 32.2. The molecule has 0 bridgehead atoms. The van der Waals surface area contributed by atoms with E-state index in [1.807, 2.05) is 0 Å². The van der Waals surface area contributed by atoms with Crippen molar-refractivity contribution in [3.05, 3.63) is 66.2 Å². The smallest absolute Gasteiger partial charge is 0.333 e. The Labute approximate surface area is 180 Å². The lowest BCUT2D eigenvalue weighted by Gasteiger charge is -2.08. The van der Waals surface area contributed by atoms with Crippen LogP contribution in [0.5, 0.6) is 5.75 Å². The van der Waals surface area contributed by atoms with Crippen LogP contribution in [0, 0.1) is 0 Å². The van der Waals surface area contributed by atoms with Crippen molar-refractivity contribution in [3.8, 4) is 5.75 Å². The van der Waals surface area contributed by atoms with Crippen LogP contribution < -0.4 is 10.1 Å². The quantitative estimate of drug-likeness (QED) is 0.252. The van der Waals surface area contributed by atoms with Crippen LogP contribution >= 0.6 is 11.8 Å². The fourth-order valence-corrected chi connectivity index (χ4v) is 3.09. The van der Waals surface area contributed by atoms with Crippen LogP contribution in [0.4, 0.5) is 5.69 Å². The molecule has 0 saturated heterocycles. The van der Waals surface area contributed by atoms with Gasteiger partial charge in [-0.05, 0) is 80.1 Å². The predicted octanol–water partition coefficient (Wildman–Crippen LogP) is 4.86. The molecule has 0 fully saturated rings. The molecule has 2 aromatic rings. The van der Waals surface area contributed by atoms with Crippen LogP contribution in [-0.2, 0) is 14.3 Å². The number of benzene rings is 2. The average molecular weight is 428 g/mol. The molecule has 0 aliphatic carbocycles. The van der Waals surface area contributed by atoms with Gasteiger partial charge in [0.1, 0.15) is 5.75 Å². The maximum absolute atomic E-state index is 12.4. The third kappa shape index (κ3) is 8.13. The average Bonchev–Trinajstić information content (AvgIpc) is 2.71. The highest BCUT2D eigenvalue weighted by Crippen LogP contribution is 2.25. The highest BCUT2D eigenvalue weighted by Gasteiger charge is 2.09. The van der Waals surface area contributed by atoms with E-state index in [-0.39, 0.29) is 17.0 Å². The first kappa shape index (κ1) is 23.2.